The summed E-state index contributed by atoms with van der Waals surface area (Å²) in [6.07, 6.45) is 0. The Morgan fingerprint density at radius 2 is 2.00 bits per heavy atom. The predicted molar refractivity (Wildman–Crippen MR) is 118 cm³/mol. The van der Waals surface area contributed by atoms with Crippen LogP contribution in [-0.4, -0.2) is 33.0 Å². The molecule has 6 nitrogen and oxygen atoms in total. The number of thioether (sulfide) groups is 1. The molecule has 0 aliphatic rings. The van der Waals surface area contributed by atoms with Gasteiger partial charge in [0.1, 0.15) is 5.75 Å². The van der Waals surface area contributed by atoms with Crippen molar-refractivity contribution in [2.45, 2.75) is 30.8 Å². The Balaban J connectivity index is 1.79. The van der Waals surface area contributed by atoms with Gasteiger partial charge in [0.25, 0.3) is 0 Å². The molecule has 0 saturated heterocycles. The van der Waals surface area contributed by atoms with Crippen molar-refractivity contribution >= 4 is 46.6 Å². The quantitative estimate of drug-likeness (QED) is 0.487. The third-order valence-electron chi connectivity index (χ3n) is 4.22. The predicted octanol–water partition coefficient (Wildman–Crippen LogP) is 5.40. The van der Waals surface area contributed by atoms with Crippen LogP contribution in [0.3, 0.4) is 0 Å². The van der Waals surface area contributed by atoms with Crippen molar-refractivity contribution in [1.29, 1.82) is 0 Å². The van der Waals surface area contributed by atoms with E-state index in [1.54, 1.807) is 32.2 Å². The molecular formula is C20H20Cl2N4O2S. The van der Waals surface area contributed by atoms with E-state index in [1.165, 1.54) is 11.8 Å². The van der Waals surface area contributed by atoms with E-state index in [9.17, 15) is 4.79 Å². The SMILES string of the molecule is CCn1c(SC(C)C(=O)Nc2ccc(Cl)cc2Cl)nnc1-c1ccccc1OC. The number of hydrogen-bond acceptors (Lipinski definition) is 5. The van der Waals surface area contributed by atoms with Crippen molar-refractivity contribution in [2.75, 3.05) is 12.4 Å². The number of aromatic nitrogens is 3. The number of benzene rings is 2. The largest absolute Gasteiger partial charge is 0.496 e. The molecule has 2 aromatic carbocycles. The van der Waals surface area contributed by atoms with Crippen LogP contribution in [0.1, 0.15) is 13.8 Å². The summed E-state index contributed by atoms with van der Waals surface area (Å²) >= 11 is 13.4. The maximum absolute atomic E-state index is 12.6. The Morgan fingerprint density at radius 1 is 1.24 bits per heavy atom. The Hall–Kier alpha value is -2.22. The van der Waals surface area contributed by atoms with E-state index in [0.29, 0.717) is 39.0 Å². The number of anilines is 1. The van der Waals surface area contributed by atoms with Crippen LogP contribution in [0.2, 0.25) is 10.0 Å². The van der Waals surface area contributed by atoms with Gasteiger partial charge in [-0.25, -0.2) is 0 Å². The maximum atomic E-state index is 12.6. The average Bonchev–Trinajstić information content (AvgIpc) is 3.12. The fraction of sp³-hybridized carbons (Fsp3) is 0.250. The van der Waals surface area contributed by atoms with Crippen molar-refractivity contribution in [3.05, 3.63) is 52.5 Å². The summed E-state index contributed by atoms with van der Waals surface area (Å²) in [5.74, 6) is 1.22. The Bertz CT molecular complexity index is 1030. The van der Waals surface area contributed by atoms with Crippen LogP contribution in [0, 0.1) is 0 Å². The number of carbonyl (C=O) groups is 1. The van der Waals surface area contributed by atoms with Gasteiger partial charge in [-0.1, -0.05) is 47.1 Å². The zero-order valence-corrected chi connectivity index (χ0v) is 18.5. The lowest BCUT2D eigenvalue weighted by atomic mass is 10.2. The van der Waals surface area contributed by atoms with Crippen LogP contribution in [0.15, 0.2) is 47.6 Å². The molecule has 0 aliphatic carbocycles. The minimum absolute atomic E-state index is 0.191. The lowest BCUT2D eigenvalue weighted by Crippen LogP contribution is -2.23. The molecule has 1 atom stereocenters. The highest BCUT2D eigenvalue weighted by atomic mass is 35.5. The van der Waals surface area contributed by atoms with Crippen LogP contribution < -0.4 is 10.1 Å². The van der Waals surface area contributed by atoms with Gasteiger partial charge in [0.15, 0.2) is 11.0 Å². The Kier molecular flexibility index (Phi) is 7.05. The summed E-state index contributed by atoms with van der Waals surface area (Å²) in [6, 6.07) is 12.6. The van der Waals surface area contributed by atoms with Crippen molar-refractivity contribution in [2.24, 2.45) is 0 Å². The van der Waals surface area contributed by atoms with Gasteiger partial charge < -0.3 is 14.6 Å². The molecule has 29 heavy (non-hydrogen) atoms. The van der Waals surface area contributed by atoms with Crippen LogP contribution in [0.5, 0.6) is 5.75 Å². The van der Waals surface area contributed by atoms with Gasteiger partial charge >= 0.3 is 0 Å². The molecule has 152 valence electrons. The molecule has 0 radical (unpaired) electrons. The molecular weight excluding hydrogens is 431 g/mol. The standard InChI is InChI=1S/C20H20Cl2N4O2S/c1-4-26-18(14-7-5-6-8-17(14)28-3)24-25-20(26)29-12(2)19(27)23-16-10-9-13(21)11-15(16)22/h5-12H,4H2,1-3H3,(H,23,27). The molecule has 0 spiro atoms. The van der Waals surface area contributed by atoms with Crippen LogP contribution in [0.25, 0.3) is 11.4 Å². The third kappa shape index (κ3) is 4.86. The van der Waals surface area contributed by atoms with Gasteiger partial charge in [-0.05, 0) is 44.2 Å². The van der Waals surface area contributed by atoms with Gasteiger partial charge in [-0.15, -0.1) is 10.2 Å². The first-order valence-electron chi connectivity index (χ1n) is 8.93. The monoisotopic (exact) mass is 450 g/mol. The fourth-order valence-corrected chi connectivity index (χ4v) is 4.10. The van der Waals surface area contributed by atoms with E-state index in [0.717, 1.165) is 5.56 Å². The van der Waals surface area contributed by atoms with E-state index < -0.39 is 5.25 Å². The van der Waals surface area contributed by atoms with Crippen LogP contribution >= 0.6 is 35.0 Å². The highest BCUT2D eigenvalue weighted by Gasteiger charge is 2.22. The molecule has 9 heteroatoms. The number of rotatable bonds is 7. The molecule has 1 amide bonds. The topological polar surface area (TPSA) is 69.0 Å². The molecule has 1 unspecified atom stereocenters. The number of para-hydroxylation sites is 1. The summed E-state index contributed by atoms with van der Waals surface area (Å²) < 4.78 is 7.40. The first-order valence-corrected chi connectivity index (χ1v) is 10.6. The molecule has 1 aromatic heterocycles. The first-order chi connectivity index (χ1) is 13.9. The van der Waals surface area contributed by atoms with Gasteiger partial charge in [-0.3, -0.25) is 4.79 Å². The van der Waals surface area contributed by atoms with Gasteiger partial charge in [0.05, 0.1) is 28.6 Å². The van der Waals surface area contributed by atoms with Gasteiger partial charge in [0.2, 0.25) is 5.91 Å². The number of amides is 1. The van der Waals surface area contributed by atoms with E-state index >= 15 is 0 Å². The number of methoxy groups -OCH3 is 1. The number of nitrogens with zero attached hydrogens (tertiary/aromatic N) is 3. The molecule has 0 bridgehead atoms. The van der Waals surface area contributed by atoms with Crippen LogP contribution in [0.4, 0.5) is 5.69 Å². The minimum atomic E-state index is -0.415. The Labute approximate surface area is 183 Å². The second-order valence-corrected chi connectivity index (χ2v) is 8.28. The summed E-state index contributed by atoms with van der Waals surface area (Å²) in [5, 5.41) is 12.6. The smallest absolute Gasteiger partial charge is 0.237 e. The van der Waals surface area contributed by atoms with Crippen molar-refractivity contribution in [3.8, 4) is 17.1 Å². The summed E-state index contributed by atoms with van der Waals surface area (Å²) in [6.45, 7) is 4.46. The lowest BCUT2D eigenvalue weighted by Gasteiger charge is -2.14. The van der Waals surface area contributed by atoms with E-state index in [2.05, 4.69) is 15.5 Å². The Morgan fingerprint density at radius 3 is 2.69 bits per heavy atom. The number of halogens is 2. The number of hydrogen-bond donors (Lipinski definition) is 1. The highest BCUT2D eigenvalue weighted by molar-refractivity contribution is 8.00. The van der Waals surface area contributed by atoms with Crippen molar-refractivity contribution in [1.82, 2.24) is 14.8 Å². The third-order valence-corrected chi connectivity index (χ3v) is 5.85. The highest BCUT2D eigenvalue weighted by Crippen LogP contribution is 2.32. The second kappa shape index (κ2) is 9.52. The molecule has 0 aliphatic heterocycles. The normalized spacial score (nSPS) is 11.9. The number of ether oxygens (including phenoxy) is 1. The minimum Gasteiger partial charge on any atom is -0.496 e. The zero-order chi connectivity index (χ0) is 21.0. The number of nitrogens with one attached hydrogen (secondary N) is 1. The zero-order valence-electron chi connectivity index (χ0n) is 16.1. The fourth-order valence-electron chi connectivity index (χ4n) is 2.73. The first kappa shape index (κ1) is 21.5. The second-order valence-electron chi connectivity index (χ2n) is 6.12. The van der Waals surface area contributed by atoms with E-state index in [1.807, 2.05) is 35.8 Å². The molecule has 0 saturated carbocycles. The average molecular weight is 451 g/mol. The summed E-state index contributed by atoms with van der Waals surface area (Å²) in [4.78, 5) is 12.6. The summed E-state index contributed by atoms with van der Waals surface area (Å²) in [5.41, 5.74) is 1.36. The maximum Gasteiger partial charge on any atom is 0.237 e. The summed E-state index contributed by atoms with van der Waals surface area (Å²) in [7, 11) is 1.62. The van der Waals surface area contributed by atoms with Gasteiger partial charge in [-0.2, -0.15) is 0 Å². The van der Waals surface area contributed by atoms with Gasteiger partial charge in [0, 0.05) is 11.6 Å². The number of carbonyl (C=O) groups excluding carboxylic acids is 1. The molecule has 1 heterocycles. The molecule has 3 rings (SSSR count). The van der Waals surface area contributed by atoms with Crippen molar-refractivity contribution < 1.29 is 9.53 Å². The molecule has 1 N–H and O–H groups in total. The lowest BCUT2D eigenvalue weighted by molar-refractivity contribution is -0.115. The van der Waals surface area contributed by atoms with Crippen molar-refractivity contribution in [3.63, 3.8) is 0 Å². The molecule has 3 aromatic rings. The van der Waals surface area contributed by atoms with E-state index in [-0.39, 0.29) is 5.91 Å². The van der Waals surface area contributed by atoms with Crippen LogP contribution in [-0.2, 0) is 11.3 Å². The molecule has 0 fully saturated rings. The van der Waals surface area contributed by atoms with E-state index in [4.69, 9.17) is 27.9 Å².